The summed E-state index contributed by atoms with van der Waals surface area (Å²) in [6, 6.07) is 6.48. The summed E-state index contributed by atoms with van der Waals surface area (Å²) in [5.74, 6) is -0.853. The molecule has 1 amide bonds. The topological polar surface area (TPSA) is 111 Å². The van der Waals surface area contributed by atoms with Crippen molar-refractivity contribution >= 4 is 27.6 Å². The largest absolute Gasteiger partial charge is 0.462 e. The molecule has 10 heteroatoms. The number of carbonyl (C=O) groups is 2. The zero-order valence-electron chi connectivity index (χ0n) is 17.1. The van der Waals surface area contributed by atoms with Gasteiger partial charge in [0, 0.05) is 37.4 Å². The lowest BCUT2D eigenvalue weighted by atomic mass is 9.97. The minimum Gasteiger partial charge on any atom is -0.462 e. The Morgan fingerprint density at radius 2 is 1.83 bits per heavy atom. The van der Waals surface area contributed by atoms with Crippen LogP contribution in [0.3, 0.4) is 0 Å². The molecule has 162 valence electrons. The maximum absolute atomic E-state index is 12.7. The molecule has 0 unspecified atom stereocenters. The van der Waals surface area contributed by atoms with E-state index in [-0.39, 0.29) is 29.9 Å². The van der Waals surface area contributed by atoms with E-state index in [4.69, 9.17) is 4.74 Å². The molecule has 2 heterocycles. The number of anilines is 1. The van der Waals surface area contributed by atoms with Crippen molar-refractivity contribution in [2.24, 2.45) is 5.92 Å². The first-order chi connectivity index (χ1) is 14.3. The molecule has 1 fully saturated rings. The number of esters is 1. The van der Waals surface area contributed by atoms with Crippen molar-refractivity contribution in [3.8, 4) is 0 Å². The highest BCUT2D eigenvalue weighted by Crippen LogP contribution is 2.24. The van der Waals surface area contributed by atoms with Crippen LogP contribution in [0.4, 0.5) is 5.69 Å². The lowest BCUT2D eigenvalue weighted by Crippen LogP contribution is -2.41. The Labute approximate surface area is 176 Å². The van der Waals surface area contributed by atoms with Gasteiger partial charge in [0.15, 0.2) is 5.03 Å². The molecule has 0 bridgehead atoms. The Balaban J connectivity index is 1.55. The molecule has 0 saturated carbocycles. The van der Waals surface area contributed by atoms with Gasteiger partial charge in [-0.05, 0) is 51.0 Å². The lowest BCUT2D eigenvalue weighted by Gasteiger charge is -2.29. The molecule has 9 nitrogen and oxygen atoms in total. The van der Waals surface area contributed by atoms with Crippen LogP contribution in [0.15, 0.2) is 41.8 Å². The van der Waals surface area contributed by atoms with Gasteiger partial charge in [-0.2, -0.15) is 4.31 Å². The predicted molar refractivity (Wildman–Crippen MR) is 110 cm³/mol. The zero-order chi connectivity index (χ0) is 21.7. The van der Waals surface area contributed by atoms with Crippen LogP contribution in [0, 0.1) is 5.92 Å². The maximum atomic E-state index is 12.7. The number of nitrogens with zero attached hydrogens (tertiary/aromatic N) is 3. The quantitative estimate of drug-likeness (QED) is 0.669. The molecule has 1 aliphatic rings. The molecule has 0 radical (unpaired) electrons. The molecule has 0 atom stereocenters. The van der Waals surface area contributed by atoms with Crippen molar-refractivity contribution in [3.63, 3.8) is 0 Å². The first-order valence-electron chi connectivity index (χ1n) is 9.95. The van der Waals surface area contributed by atoms with Gasteiger partial charge in [-0.3, -0.25) is 4.79 Å². The summed E-state index contributed by atoms with van der Waals surface area (Å²) in [5, 5.41) is 2.87. The summed E-state index contributed by atoms with van der Waals surface area (Å²) in [6.45, 7) is 5.12. The normalized spacial score (nSPS) is 15.7. The van der Waals surface area contributed by atoms with Crippen LogP contribution in [-0.2, 0) is 26.1 Å². The van der Waals surface area contributed by atoms with E-state index in [1.807, 2.05) is 6.92 Å². The van der Waals surface area contributed by atoms with Crippen LogP contribution in [0.5, 0.6) is 0 Å². The highest BCUT2D eigenvalue weighted by molar-refractivity contribution is 7.89. The number of aryl methyl sites for hydroxylation is 1. The molecule has 1 saturated heterocycles. The highest BCUT2D eigenvalue weighted by atomic mass is 32.2. The number of amides is 1. The molecular weight excluding hydrogens is 408 g/mol. The van der Waals surface area contributed by atoms with Crippen LogP contribution in [-0.4, -0.2) is 53.8 Å². The average molecular weight is 435 g/mol. The number of hydrogen-bond donors (Lipinski definition) is 1. The van der Waals surface area contributed by atoms with Gasteiger partial charge in [0.25, 0.3) is 10.0 Å². The van der Waals surface area contributed by atoms with Gasteiger partial charge < -0.3 is 14.6 Å². The van der Waals surface area contributed by atoms with E-state index in [0.29, 0.717) is 37.2 Å². The average Bonchev–Trinajstić information content (AvgIpc) is 3.25. The molecule has 1 aromatic heterocycles. The van der Waals surface area contributed by atoms with Crippen LogP contribution in [0.1, 0.15) is 37.0 Å². The molecule has 1 aliphatic heterocycles. The fraction of sp³-hybridized carbons (Fsp3) is 0.450. The minimum absolute atomic E-state index is 0.0361. The van der Waals surface area contributed by atoms with E-state index < -0.39 is 16.0 Å². The second kappa shape index (κ2) is 9.40. The fourth-order valence-corrected chi connectivity index (χ4v) is 4.69. The number of benzene rings is 1. The standard InChI is InChI=1S/C20H26N4O5S/c1-3-23-13-18(21-14-23)30(27,28)24-11-9-15(10-12-24)19(25)22-17-7-5-16(6-8-17)20(26)29-4-2/h5-8,13-15H,3-4,9-12H2,1-2H3,(H,22,25). The van der Waals surface area contributed by atoms with Crippen LogP contribution >= 0.6 is 0 Å². The van der Waals surface area contributed by atoms with E-state index >= 15 is 0 Å². The SMILES string of the molecule is CCOC(=O)c1ccc(NC(=O)C2CCN(S(=O)(=O)c3cn(CC)cn3)CC2)cc1. The summed E-state index contributed by atoms with van der Waals surface area (Å²) in [6.07, 6.45) is 3.88. The molecule has 1 N–H and O–H groups in total. The summed E-state index contributed by atoms with van der Waals surface area (Å²) < 4.78 is 33.5. The van der Waals surface area contributed by atoms with Gasteiger partial charge in [-0.15, -0.1) is 0 Å². The highest BCUT2D eigenvalue weighted by Gasteiger charge is 2.33. The second-order valence-corrected chi connectivity index (χ2v) is 8.89. The van der Waals surface area contributed by atoms with E-state index in [1.54, 1.807) is 35.8 Å². The van der Waals surface area contributed by atoms with Crippen molar-refractivity contribution in [1.29, 1.82) is 0 Å². The summed E-state index contributed by atoms with van der Waals surface area (Å²) in [4.78, 5) is 28.3. The van der Waals surface area contributed by atoms with E-state index in [0.717, 1.165) is 0 Å². The number of piperidine rings is 1. The number of carbonyl (C=O) groups excluding carboxylic acids is 2. The van der Waals surface area contributed by atoms with Gasteiger partial charge >= 0.3 is 5.97 Å². The Morgan fingerprint density at radius 1 is 1.17 bits per heavy atom. The monoisotopic (exact) mass is 434 g/mol. The molecule has 0 spiro atoms. The second-order valence-electron chi connectivity index (χ2n) is 7.01. The van der Waals surface area contributed by atoms with Crippen LogP contribution in [0.25, 0.3) is 0 Å². The summed E-state index contributed by atoms with van der Waals surface area (Å²) in [5.41, 5.74) is 0.993. The van der Waals surface area contributed by atoms with E-state index in [9.17, 15) is 18.0 Å². The number of nitrogens with one attached hydrogen (secondary N) is 1. The molecule has 1 aromatic carbocycles. The summed E-state index contributed by atoms with van der Waals surface area (Å²) in [7, 11) is -3.65. The van der Waals surface area contributed by atoms with Gasteiger partial charge in [0.05, 0.1) is 18.5 Å². The lowest BCUT2D eigenvalue weighted by molar-refractivity contribution is -0.120. The summed E-state index contributed by atoms with van der Waals surface area (Å²) >= 11 is 0. The molecular formula is C20H26N4O5S. The van der Waals surface area contributed by atoms with E-state index in [1.165, 1.54) is 16.8 Å². The molecule has 3 rings (SSSR count). The molecule has 0 aliphatic carbocycles. The predicted octanol–water partition coefficient (Wildman–Crippen LogP) is 2.12. The molecule has 30 heavy (non-hydrogen) atoms. The van der Waals surface area contributed by atoms with Crippen molar-refractivity contribution in [3.05, 3.63) is 42.4 Å². The van der Waals surface area contributed by atoms with Crippen LogP contribution in [0.2, 0.25) is 0 Å². The smallest absolute Gasteiger partial charge is 0.338 e. The first kappa shape index (κ1) is 22.0. The van der Waals surface area contributed by atoms with Gasteiger partial charge in [-0.25, -0.2) is 18.2 Å². The maximum Gasteiger partial charge on any atom is 0.338 e. The minimum atomic E-state index is -3.65. The van der Waals surface area contributed by atoms with Crippen molar-refractivity contribution in [2.45, 2.75) is 38.3 Å². The number of imidazole rings is 1. The van der Waals surface area contributed by atoms with E-state index in [2.05, 4.69) is 10.3 Å². The van der Waals surface area contributed by atoms with Crippen molar-refractivity contribution in [1.82, 2.24) is 13.9 Å². The Bertz CT molecular complexity index is 992. The third-order valence-electron chi connectivity index (χ3n) is 5.07. The fourth-order valence-electron chi connectivity index (χ4n) is 3.28. The molecule has 2 aromatic rings. The van der Waals surface area contributed by atoms with Gasteiger partial charge in [-0.1, -0.05) is 0 Å². The van der Waals surface area contributed by atoms with Crippen LogP contribution < -0.4 is 5.32 Å². The third kappa shape index (κ3) is 4.88. The van der Waals surface area contributed by atoms with Crippen molar-refractivity contribution < 1.29 is 22.7 Å². The number of sulfonamides is 1. The zero-order valence-corrected chi connectivity index (χ0v) is 17.9. The number of rotatable bonds is 7. The Morgan fingerprint density at radius 3 is 2.40 bits per heavy atom. The number of ether oxygens (including phenoxy) is 1. The Kier molecular flexibility index (Phi) is 6.88. The van der Waals surface area contributed by atoms with Gasteiger partial charge in [0.2, 0.25) is 5.91 Å². The third-order valence-corrected chi connectivity index (χ3v) is 6.85. The number of hydrogen-bond acceptors (Lipinski definition) is 6. The van der Waals surface area contributed by atoms with Gasteiger partial charge in [0.1, 0.15) is 0 Å². The first-order valence-corrected chi connectivity index (χ1v) is 11.4. The Hall–Kier alpha value is -2.72. The number of aromatic nitrogens is 2. The van der Waals surface area contributed by atoms with Crippen molar-refractivity contribution in [2.75, 3.05) is 25.0 Å².